The molecule has 0 aliphatic carbocycles. The van der Waals surface area contributed by atoms with Crippen molar-refractivity contribution in [3.63, 3.8) is 0 Å². The molecule has 1 fully saturated rings. The van der Waals surface area contributed by atoms with Gasteiger partial charge in [0.15, 0.2) is 5.13 Å². The van der Waals surface area contributed by atoms with Crippen molar-refractivity contribution in [3.8, 4) is 0 Å². The maximum atomic E-state index is 12.1. The Labute approximate surface area is 95.3 Å². The van der Waals surface area contributed by atoms with Crippen molar-refractivity contribution >= 4 is 16.5 Å². The van der Waals surface area contributed by atoms with Gasteiger partial charge in [-0.1, -0.05) is 0 Å². The van der Waals surface area contributed by atoms with Gasteiger partial charge in [0.2, 0.25) is 0 Å². The third kappa shape index (κ3) is 3.08. The van der Waals surface area contributed by atoms with Crippen molar-refractivity contribution in [2.24, 2.45) is 0 Å². The molecule has 1 N–H and O–H groups in total. The summed E-state index contributed by atoms with van der Waals surface area (Å²) in [6.07, 6.45) is -3.69. The van der Waals surface area contributed by atoms with E-state index in [9.17, 15) is 13.2 Å². The van der Waals surface area contributed by atoms with Gasteiger partial charge < -0.3 is 10.2 Å². The van der Waals surface area contributed by atoms with E-state index in [2.05, 4.69) is 10.3 Å². The van der Waals surface area contributed by atoms with E-state index in [1.165, 1.54) is 6.20 Å². The summed E-state index contributed by atoms with van der Waals surface area (Å²) in [4.78, 5) is 6.33. The van der Waals surface area contributed by atoms with E-state index < -0.39 is 12.6 Å². The second-order valence-corrected chi connectivity index (χ2v) is 4.73. The lowest BCUT2D eigenvalue weighted by atomic mass is 10.4. The van der Waals surface area contributed by atoms with Gasteiger partial charge in [-0.3, -0.25) is 0 Å². The zero-order chi connectivity index (χ0) is 11.6. The normalized spacial score (nSPS) is 17.8. The number of halogens is 3. The third-order valence-electron chi connectivity index (χ3n) is 2.30. The van der Waals surface area contributed by atoms with Crippen LogP contribution >= 0.6 is 11.3 Å². The van der Waals surface area contributed by atoms with Crippen LogP contribution in [0.25, 0.3) is 0 Å². The zero-order valence-corrected chi connectivity index (χ0v) is 9.37. The molecule has 16 heavy (non-hydrogen) atoms. The number of nitrogens with one attached hydrogen (secondary N) is 1. The van der Waals surface area contributed by atoms with Crippen LogP contribution in [0.1, 0.15) is 4.88 Å². The Morgan fingerprint density at radius 1 is 1.38 bits per heavy atom. The first-order chi connectivity index (χ1) is 7.54. The number of hydrogen-bond acceptors (Lipinski definition) is 4. The predicted octanol–water partition coefficient (Wildman–Crippen LogP) is 1.66. The monoisotopic (exact) mass is 251 g/mol. The molecule has 3 nitrogen and oxygen atoms in total. The highest BCUT2D eigenvalue weighted by Crippen LogP contribution is 2.28. The minimum atomic E-state index is -4.15. The molecule has 1 aliphatic rings. The number of thiazole rings is 1. The van der Waals surface area contributed by atoms with E-state index in [-0.39, 0.29) is 4.88 Å². The quantitative estimate of drug-likeness (QED) is 0.866. The first kappa shape index (κ1) is 11.7. The van der Waals surface area contributed by atoms with Crippen LogP contribution in [0.5, 0.6) is 0 Å². The molecule has 0 radical (unpaired) electrons. The minimum absolute atomic E-state index is 0.279. The summed E-state index contributed by atoms with van der Waals surface area (Å²) in [7, 11) is 0. The fourth-order valence-corrected chi connectivity index (χ4v) is 2.57. The molecule has 0 spiro atoms. The van der Waals surface area contributed by atoms with Crippen LogP contribution in [0.15, 0.2) is 6.20 Å². The van der Waals surface area contributed by atoms with Crippen molar-refractivity contribution in [2.75, 3.05) is 31.1 Å². The summed E-state index contributed by atoms with van der Waals surface area (Å²) >= 11 is 1.13. The first-order valence-electron chi connectivity index (χ1n) is 5.02. The molecule has 0 unspecified atom stereocenters. The predicted molar refractivity (Wildman–Crippen MR) is 57.0 cm³/mol. The Morgan fingerprint density at radius 3 is 2.69 bits per heavy atom. The largest absolute Gasteiger partial charge is 0.393 e. The number of rotatable bonds is 2. The van der Waals surface area contributed by atoms with Crippen molar-refractivity contribution in [2.45, 2.75) is 12.6 Å². The van der Waals surface area contributed by atoms with Crippen LogP contribution in [-0.4, -0.2) is 37.3 Å². The smallest absolute Gasteiger partial charge is 0.346 e. The fourth-order valence-electron chi connectivity index (χ4n) is 1.58. The maximum Gasteiger partial charge on any atom is 0.393 e. The Morgan fingerprint density at radius 2 is 2.06 bits per heavy atom. The number of anilines is 1. The van der Waals surface area contributed by atoms with E-state index in [1.54, 1.807) is 0 Å². The van der Waals surface area contributed by atoms with Crippen LogP contribution in [0.4, 0.5) is 18.3 Å². The van der Waals surface area contributed by atoms with E-state index in [0.717, 1.165) is 37.5 Å². The van der Waals surface area contributed by atoms with Crippen molar-refractivity contribution in [1.82, 2.24) is 10.3 Å². The van der Waals surface area contributed by atoms with Crippen LogP contribution < -0.4 is 10.2 Å². The molecule has 0 amide bonds. The topological polar surface area (TPSA) is 28.2 Å². The van der Waals surface area contributed by atoms with Crippen LogP contribution in [-0.2, 0) is 6.42 Å². The van der Waals surface area contributed by atoms with Gasteiger partial charge in [0.25, 0.3) is 0 Å². The highest BCUT2D eigenvalue weighted by Gasteiger charge is 2.29. The van der Waals surface area contributed by atoms with Crippen molar-refractivity contribution in [3.05, 3.63) is 11.1 Å². The van der Waals surface area contributed by atoms with E-state index >= 15 is 0 Å². The second kappa shape index (κ2) is 4.58. The molecular formula is C9H12F3N3S. The SMILES string of the molecule is FC(F)(F)Cc1cnc(N2CCNCC2)s1. The van der Waals surface area contributed by atoms with Gasteiger partial charge >= 0.3 is 6.18 Å². The lowest BCUT2D eigenvalue weighted by Crippen LogP contribution is -2.43. The van der Waals surface area contributed by atoms with Gasteiger partial charge in [0.1, 0.15) is 0 Å². The first-order valence-corrected chi connectivity index (χ1v) is 5.83. The van der Waals surface area contributed by atoms with Crippen LogP contribution in [0.3, 0.4) is 0 Å². The van der Waals surface area contributed by atoms with Gasteiger partial charge in [-0.05, 0) is 0 Å². The molecule has 1 aromatic rings. The molecule has 0 bridgehead atoms. The Kier molecular flexibility index (Phi) is 3.34. The average Bonchev–Trinajstić information content (AvgIpc) is 2.65. The molecule has 1 saturated heterocycles. The van der Waals surface area contributed by atoms with Crippen LogP contribution in [0.2, 0.25) is 0 Å². The standard InChI is InChI=1S/C9H12F3N3S/c10-9(11,12)5-7-6-14-8(16-7)15-3-1-13-2-4-15/h6,13H,1-5H2. The molecule has 1 aliphatic heterocycles. The Bertz CT molecular complexity index is 344. The van der Waals surface area contributed by atoms with Gasteiger partial charge in [-0.25, -0.2) is 4.98 Å². The lowest BCUT2D eigenvalue weighted by molar-refractivity contribution is -0.126. The summed E-state index contributed by atoms with van der Waals surface area (Å²) in [5, 5.41) is 3.88. The summed E-state index contributed by atoms with van der Waals surface area (Å²) in [5.41, 5.74) is 0. The third-order valence-corrected chi connectivity index (χ3v) is 3.36. The van der Waals surface area contributed by atoms with Crippen molar-refractivity contribution in [1.29, 1.82) is 0 Å². The summed E-state index contributed by atoms with van der Waals surface area (Å²) in [5.74, 6) is 0. The van der Waals surface area contributed by atoms with E-state index in [4.69, 9.17) is 0 Å². The summed E-state index contributed by atoms with van der Waals surface area (Å²) in [6.45, 7) is 3.32. The molecule has 2 heterocycles. The molecular weight excluding hydrogens is 239 g/mol. The van der Waals surface area contributed by atoms with E-state index in [1.807, 2.05) is 4.90 Å². The average molecular weight is 251 g/mol. The fraction of sp³-hybridized carbons (Fsp3) is 0.667. The second-order valence-electron chi connectivity index (χ2n) is 3.64. The van der Waals surface area contributed by atoms with Gasteiger partial charge in [0, 0.05) is 37.3 Å². The summed E-state index contributed by atoms with van der Waals surface area (Å²) in [6, 6.07) is 0. The zero-order valence-electron chi connectivity index (χ0n) is 8.55. The van der Waals surface area contributed by atoms with Crippen molar-refractivity contribution < 1.29 is 13.2 Å². The molecule has 90 valence electrons. The minimum Gasteiger partial charge on any atom is -0.346 e. The van der Waals surface area contributed by atoms with Gasteiger partial charge in [0.05, 0.1) is 6.42 Å². The van der Waals surface area contributed by atoms with Gasteiger partial charge in [-0.15, -0.1) is 11.3 Å². The molecule has 2 rings (SSSR count). The molecule has 0 aromatic carbocycles. The van der Waals surface area contributed by atoms with E-state index in [0.29, 0.717) is 5.13 Å². The molecule has 7 heteroatoms. The highest BCUT2D eigenvalue weighted by molar-refractivity contribution is 7.15. The molecule has 1 aromatic heterocycles. The number of alkyl halides is 3. The molecule has 0 saturated carbocycles. The lowest BCUT2D eigenvalue weighted by Gasteiger charge is -2.26. The Balaban J connectivity index is 2.01. The highest BCUT2D eigenvalue weighted by atomic mass is 32.1. The number of nitrogens with zero attached hydrogens (tertiary/aromatic N) is 2. The number of aromatic nitrogens is 1. The number of piperazine rings is 1. The number of hydrogen-bond donors (Lipinski definition) is 1. The van der Waals surface area contributed by atoms with Gasteiger partial charge in [-0.2, -0.15) is 13.2 Å². The Hall–Kier alpha value is -0.820. The molecule has 0 atom stereocenters. The maximum absolute atomic E-state index is 12.1. The van der Waals surface area contributed by atoms with Crippen LogP contribution in [0, 0.1) is 0 Å². The summed E-state index contributed by atoms with van der Waals surface area (Å²) < 4.78 is 36.4.